The summed E-state index contributed by atoms with van der Waals surface area (Å²) < 4.78 is 0. The molecule has 3 fully saturated rings. The second-order valence-corrected chi connectivity index (χ2v) is 10.0. The van der Waals surface area contributed by atoms with Crippen LogP contribution in [0.3, 0.4) is 0 Å². The van der Waals surface area contributed by atoms with Crippen LogP contribution in [0.2, 0.25) is 0 Å². The van der Waals surface area contributed by atoms with Crippen LogP contribution in [0.15, 0.2) is 11.6 Å². The molecule has 0 aromatic carbocycles. The number of carbonyl (C=O) groups is 2. The number of aliphatic hydroxyl groups excluding tert-OH is 2. The molecule has 0 aliphatic heterocycles. The largest absolute Gasteiger partial charge is 0.392 e. The summed E-state index contributed by atoms with van der Waals surface area (Å²) in [6.45, 7) is 5.66. The predicted octanol–water partition coefficient (Wildman–Crippen LogP) is 2.03. The molecule has 0 amide bonds. The third-order valence-corrected chi connectivity index (χ3v) is 9.15. The van der Waals surface area contributed by atoms with Crippen LogP contribution in [-0.4, -0.2) is 45.2 Å². The number of Topliss-reactive ketones (excluding diaryl/α,β-unsaturated/α-hetero) is 1. The van der Waals surface area contributed by atoms with E-state index < -0.39 is 34.9 Å². The van der Waals surface area contributed by atoms with Crippen LogP contribution >= 0.6 is 0 Å². The van der Waals surface area contributed by atoms with Crippen LogP contribution in [0.4, 0.5) is 0 Å². The van der Waals surface area contributed by atoms with Crippen molar-refractivity contribution < 1.29 is 24.9 Å². The normalized spacial score (nSPS) is 51.9. The van der Waals surface area contributed by atoms with Crippen LogP contribution in [0.1, 0.15) is 59.3 Å². The first kappa shape index (κ1) is 19.3. The van der Waals surface area contributed by atoms with Crippen LogP contribution in [-0.2, 0) is 9.59 Å². The topological polar surface area (TPSA) is 94.8 Å². The molecule has 0 unspecified atom stereocenters. The van der Waals surface area contributed by atoms with E-state index in [1.807, 2.05) is 6.92 Å². The van der Waals surface area contributed by atoms with Crippen LogP contribution < -0.4 is 0 Å². The molecule has 0 bridgehead atoms. The molecule has 0 heterocycles. The van der Waals surface area contributed by atoms with Gasteiger partial charge in [0.05, 0.1) is 6.10 Å². The maximum Gasteiger partial charge on any atom is 0.190 e. The lowest BCUT2D eigenvalue weighted by Gasteiger charge is -2.61. The van der Waals surface area contributed by atoms with Gasteiger partial charge in [0.25, 0.3) is 0 Å². The number of ketones is 2. The van der Waals surface area contributed by atoms with Gasteiger partial charge in [0.2, 0.25) is 0 Å². The fraction of sp³-hybridized carbons (Fsp3) is 0.818. The predicted molar refractivity (Wildman–Crippen MR) is 99.7 cm³/mol. The Morgan fingerprint density at radius 3 is 2.56 bits per heavy atom. The lowest BCUT2D eigenvalue weighted by atomic mass is 9.44. The number of rotatable bonds is 2. The first-order valence-corrected chi connectivity index (χ1v) is 10.4. The fourth-order valence-corrected chi connectivity index (χ4v) is 7.62. The second-order valence-electron chi connectivity index (χ2n) is 10.0. The fourth-order valence-electron chi connectivity index (χ4n) is 7.62. The number of hydrogen-bond donors (Lipinski definition) is 3. The van der Waals surface area contributed by atoms with E-state index in [0.717, 1.165) is 24.8 Å². The van der Waals surface area contributed by atoms with Crippen molar-refractivity contribution in [3.63, 3.8) is 0 Å². The number of fused-ring (bicyclic) bond motifs is 5. The van der Waals surface area contributed by atoms with Gasteiger partial charge < -0.3 is 15.3 Å². The molecule has 0 spiro atoms. The average molecular weight is 376 g/mol. The minimum atomic E-state index is -1.45. The highest BCUT2D eigenvalue weighted by atomic mass is 16.3. The molecule has 4 aliphatic rings. The Labute approximate surface area is 160 Å². The van der Waals surface area contributed by atoms with Crippen molar-refractivity contribution in [2.45, 2.75) is 71.0 Å². The molecule has 5 nitrogen and oxygen atoms in total. The Bertz CT molecular complexity index is 713. The van der Waals surface area contributed by atoms with E-state index in [1.54, 1.807) is 6.08 Å². The van der Waals surface area contributed by atoms with E-state index >= 15 is 0 Å². The summed E-state index contributed by atoms with van der Waals surface area (Å²) in [6, 6.07) is 0. The number of aliphatic hydroxyl groups is 3. The zero-order chi connectivity index (χ0) is 19.8. The van der Waals surface area contributed by atoms with Gasteiger partial charge in [-0.2, -0.15) is 0 Å². The van der Waals surface area contributed by atoms with Crippen molar-refractivity contribution in [3.8, 4) is 0 Å². The van der Waals surface area contributed by atoms with E-state index in [-0.39, 0.29) is 30.0 Å². The summed E-state index contributed by atoms with van der Waals surface area (Å²) in [4.78, 5) is 24.5. The Morgan fingerprint density at radius 2 is 1.89 bits per heavy atom. The van der Waals surface area contributed by atoms with Gasteiger partial charge in [-0.1, -0.05) is 26.3 Å². The van der Waals surface area contributed by atoms with Crippen LogP contribution in [0, 0.1) is 34.5 Å². The molecule has 8 atom stereocenters. The van der Waals surface area contributed by atoms with Gasteiger partial charge in [0.15, 0.2) is 11.6 Å². The molecule has 3 N–H and O–H groups in total. The van der Waals surface area contributed by atoms with Gasteiger partial charge in [-0.25, -0.2) is 0 Å². The highest BCUT2D eigenvalue weighted by Crippen LogP contribution is 2.68. The van der Waals surface area contributed by atoms with Gasteiger partial charge >= 0.3 is 0 Å². The molecule has 4 rings (SSSR count). The first-order chi connectivity index (χ1) is 12.6. The lowest BCUT2D eigenvalue weighted by molar-refractivity contribution is -0.169. The molecule has 0 aromatic rings. The van der Waals surface area contributed by atoms with Crippen LogP contribution in [0.5, 0.6) is 0 Å². The standard InChI is InChI=1S/C22H32O5/c1-12-8-14-15-5-7-22(27,19(26)11-23)20(15,2)6-4-16(14)21(3)17(12)9-13(24)10-18(21)25/h9,12,14-16,18,23,25,27H,4-8,10-11H2,1-3H3/t12-,14-,15-,16-,18+,20-,21+,22-/m0/s1. The monoisotopic (exact) mass is 376 g/mol. The summed E-state index contributed by atoms with van der Waals surface area (Å²) in [5.41, 5.74) is -1.28. The Hall–Kier alpha value is -1.04. The molecule has 150 valence electrons. The Balaban J connectivity index is 1.74. The molecule has 4 aliphatic carbocycles. The van der Waals surface area contributed by atoms with Gasteiger partial charge in [0.1, 0.15) is 12.2 Å². The summed E-state index contributed by atoms with van der Waals surface area (Å²) in [6.07, 6.45) is 4.94. The van der Waals surface area contributed by atoms with Crippen molar-refractivity contribution in [1.29, 1.82) is 0 Å². The highest BCUT2D eigenvalue weighted by molar-refractivity contribution is 5.92. The van der Waals surface area contributed by atoms with E-state index in [9.17, 15) is 24.9 Å². The van der Waals surface area contributed by atoms with Crippen LogP contribution in [0.25, 0.3) is 0 Å². The summed E-state index contributed by atoms with van der Waals surface area (Å²) >= 11 is 0. The van der Waals surface area contributed by atoms with Gasteiger partial charge in [-0.05, 0) is 61.9 Å². The number of hydrogen-bond acceptors (Lipinski definition) is 5. The first-order valence-electron chi connectivity index (χ1n) is 10.4. The Morgan fingerprint density at radius 1 is 1.22 bits per heavy atom. The molecule has 0 saturated heterocycles. The number of carbonyl (C=O) groups excluding carboxylic acids is 2. The summed E-state index contributed by atoms with van der Waals surface area (Å²) in [7, 11) is 0. The second kappa shape index (κ2) is 5.98. The Kier molecular flexibility index (Phi) is 4.27. The van der Waals surface area contributed by atoms with E-state index in [0.29, 0.717) is 18.8 Å². The van der Waals surface area contributed by atoms with Gasteiger partial charge in [-0.3, -0.25) is 9.59 Å². The summed E-state index contributed by atoms with van der Waals surface area (Å²) in [5, 5.41) is 31.6. The molecule has 3 saturated carbocycles. The third-order valence-electron chi connectivity index (χ3n) is 9.15. The minimum absolute atomic E-state index is 0.0182. The summed E-state index contributed by atoms with van der Waals surface area (Å²) in [5.74, 6) is 0.536. The SMILES string of the molecule is C[C@H]1C[C@@H]2[C@H](CC[C@@]3(C)[C@H]2CC[C@]3(O)C(=O)CO)[C@]2(C)C1=CC(=O)C[C@H]2O. The van der Waals surface area contributed by atoms with E-state index in [4.69, 9.17) is 0 Å². The third kappa shape index (κ3) is 2.28. The molecular formula is C22H32O5. The van der Waals surface area contributed by atoms with Crippen molar-refractivity contribution in [2.24, 2.45) is 34.5 Å². The maximum absolute atomic E-state index is 12.4. The van der Waals surface area contributed by atoms with Gasteiger partial charge in [0, 0.05) is 17.3 Å². The molecular weight excluding hydrogens is 344 g/mol. The van der Waals surface area contributed by atoms with Crippen molar-refractivity contribution in [3.05, 3.63) is 11.6 Å². The average Bonchev–Trinajstić information content (AvgIpc) is 2.89. The zero-order valence-electron chi connectivity index (χ0n) is 16.6. The van der Waals surface area contributed by atoms with E-state index in [2.05, 4.69) is 13.8 Å². The molecule has 0 aromatic heterocycles. The minimum Gasteiger partial charge on any atom is -0.392 e. The van der Waals surface area contributed by atoms with E-state index in [1.165, 1.54) is 0 Å². The van der Waals surface area contributed by atoms with Crippen molar-refractivity contribution in [2.75, 3.05) is 6.61 Å². The quantitative estimate of drug-likeness (QED) is 0.685. The maximum atomic E-state index is 12.4. The molecule has 5 heteroatoms. The highest BCUT2D eigenvalue weighted by Gasteiger charge is 2.67. The van der Waals surface area contributed by atoms with Crippen molar-refractivity contribution >= 4 is 11.6 Å². The lowest BCUT2D eigenvalue weighted by Crippen LogP contribution is -2.60. The van der Waals surface area contributed by atoms with Gasteiger partial charge in [-0.15, -0.1) is 0 Å². The zero-order valence-corrected chi connectivity index (χ0v) is 16.6. The smallest absolute Gasteiger partial charge is 0.190 e. The molecule has 0 radical (unpaired) electrons. The van der Waals surface area contributed by atoms with Crippen molar-refractivity contribution in [1.82, 2.24) is 0 Å². The molecule has 27 heavy (non-hydrogen) atoms.